The van der Waals surface area contributed by atoms with Crippen LogP contribution in [0.2, 0.25) is 0 Å². The number of allylic oxidation sites excluding steroid dienone is 3. The van der Waals surface area contributed by atoms with Gasteiger partial charge in [-0.15, -0.1) is 0 Å². The van der Waals surface area contributed by atoms with Crippen LogP contribution in [0, 0.1) is 11.3 Å². The lowest BCUT2D eigenvalue weighted by Gasteiger charge is -2.33. The second kappa shape index (κ2) is 9.21. The number of Topliss-reactive ketones (excluding diaryl/α,β-unsaturated/α-hetero) is 1. The lowest BCUT2D eigenvalue weighted by molar-refractivity contribution is -0.117. The molecule has 1 aromatic heterocycles. The Morgan fingerprint density at radius 3 is 2.38 bits per heavy atom. The second-order valence-corrected chi connectivity index (χ2v) is 10.8. The topological polar surface area (TPSA) is 89.3 Å². The average molecular weight is 645 g/mol. The molecule has 170 valence electrons. The molecule has 2 N–H and O–H groups in total. The smallest absolute Gasteiger partial charge is 0.205 e. The van der Waals surface area contributed by atoms with E-state index in [1.807, 2.05) is 48.5 Å². The molecule has 5 rings (SSSR count). The van der Waals surface area contributed by atoms with Gasteiger partial charge in [0.2, 0.25) is 5.88 Å². The van der Waals surface area contributed by atoms with E-state index in [9.17, 15) is 10.1 Å². The van der Waals surface area contributed by atoms with Crippen molar-refractivity contribution < 1.29 is 13.9 Å². The fraction of sp³-hybridized carbons (Fsp3) is 0.154. The molecule has 1 aliphatic heterocycles. The Kier molecular flexibility index (Phi) is 6.28. The molecule has 2 aromatic carbocycles. The van der Waals surface area contributed by atoms with Gasteiger partial charge in [-0.25, -0.2) is 0 Å². The van der Waals surface area contributed by atoms with Crippen molar-refractivity contribution in [2.24, 2.45) is 5.73 Å². The van der Waals surface area contributed by atoms with Gasteiger partial charge in [0.05, 0.1) is 5.92 Å². The Morgan fingerprint density at radius 1 is 1.00 bits per heavy atom. The third-order valence-corrected chi connectivity index (χ3v) is 7.81. The summed E-state index contributed by atoms with van der Waals surface area (Å²) in [5, 5.41) is 9.88. The van der Waals surface area contributed by atoms with Crippen molar-refractivity contribution in [1.82, 2.24) is 0 Å². The Balaban J connectivity index is 1.58. The van der Waals surface area contributed by atoms with E-state index in [1.54, 1.807) is 6.07 Å². The number of nitrogens with zero attached hydrogens (tertiary/aromatic N) is 1. The summed E-state index contributed by atoms with van der Waals surface area (Å²) in [7, 11) is 0. The normalized spacial score (nSPS) is 20.1. The monoisotopic (exact) mass is 642 g/mol. The van der Waals surface area contributed by atoms with E-state index in [0.29, 0.717) is 35.7 Å². The minimum atomic E-state index is -0.709. The summed E-state index contributed by atoms with van der Waals surface area (Å²) >= 11 is 10.6. The molecule has 0 unspecified atom stereocenters. The Morgan fingerprint density at radius 2 is 1.71 bits per heavy atom. The number of nitriles is 1. The fourth-order valence-corrected chi connectivity index (χ4v) is 7.22. The molecule has 0 spiro atoms. The van der Waals surface area contributed by atoms with Crippen molar-refractivity contribution in [3.63, 3.8) is 0 Å². The van der Waals surface area contributed by atoms with Crippen LogP contribution >= 0.6 is 47.8 Å². The minimum Gasteiger partial charge on any atom is -0.460 e. The highest BCUT2D eigenvalue weighted by Crippen LogP contribution is 2.48. The number of carbonyl (C=O) groups is 1. The standard InChI is InChI=1S/C26H17Br3N2O3/c27-15-10-17(28)24(18(29)11-15)21-7-6-20(33-21)23-16(12-30)26(31)34-22-9-14(8-19(32)25(22)23)13-4-2-1-3-5-13/h1-7,10-11,14,23H,8-9,31H2/t14-,23+/m0/s1. The van der Waals surface area contributed by atoms with Crippen LogP contribution in [0.4, 0.5) is 0 Å². The maximum Gasteiger partial charge on any atom is 0.205 e. The summed E-state index contributed by atoms with van der Waals surface area (Å²) < 4.78 is 14.7. The quantitative estimate of drug-likeness (QED) is 0.320. The highest BCUT2D eigenvalue weighted by Gasteiger charge is 2.42. The van der Waals surface area contributed by atoms with Gasteiger partial charge in [-0.3, -0.25) is 4.79 Å². The van der Waals surface area contributed by atoms with Crippen molar-refractivity contribution in [1.29, 1.82) is 5.26 Å². The molecule has 2 aliphatic rings. The van der Waals surface area contributed by atoms with E-state index in [1.165, 1.54) is 0 Å². The summed E-state index contributed by atoms with van der Waals surface area (Å²) in [6, 6.07) is 19.5. The predicted octanol–water partition coefficient (Wildman–Crippen LogP) is 7.44. The van der Waals surface area contributed by atoms with Crippen LogP contribution in [0.1, 0.15) is 36.0 Å². The van der Waals surface area contributed by atoms with Gasteiger partial charge in [0.25, 0.3) is 0 Å². The molecule has 0 saturated carbocycles. The van der Waals surface area contributed by atoms with Crippen LogP contribution in [0.15, 0.2) is 95.2 Å². The van der Waals surface area contributed by atoms with Gasteiger partial charge in [-0.2, -0.15) is 5.26 Å². The van der Waals surface area contributed by atoms with Crippen molar-refractivity contribution in [3.8, 4) is 17.4 Å². The first kappa shape index (κ1) is 23.2. The first-order valence-corrected chi connectivity index (χ1v) is 12.9. The van der Waals surface area contributed by atoms with E-state index in [4.69, 9.17) is 14.9 Å². The fourth-order valence-electron chi connectivity index (χ4n) is 4.57. The number of furan rings is 1. The lowest BCUT2D eigenvalue weighted by atomic mass is 9.75. The van der Waals surface area contributed by atoms with Gasteiger partial charge in [-0.05, 0) is 67.6 Å². The molecule has 0 radical (unpaired) electrons. The van der Waals surface area contributed by atoms with E-state index < -0.39 is 5.92 Å². The molecule has 3 aromatic rings. The Hall–Kier alpha value is -2.60. The lowest BCUT2D eigenvalue weighted by Crippen LogP contribution is -2.29. The predicted molar refractivity (Wildman–Crippen MR) is 138 cm³/mol. The van der Waals surface area contributed by atoms with Crippen molar-refractivity contribution in [3.05, 3.63) is 102 Å². The number of carbonyl (C=O) groups excluding carboxylic acids is 1. The number of nitrogens with two attached hydrogens (primary N) is 1. The number of benzene rings is 2. The summed E-state index contributed by atoms with van der Waals surface area (Å²) in [6.45, 7) is 0. The van der Waals surface area contributed by atoms with Gasteiger partial charge in [0.15, 0.2) is 5.78 Å². The van der Waals surface area contributed by atoms with E-state index in [0.717, 1.165) is 24.5 Å². The number of hydrogen-bond donors (Lipinski definition) is 1. The second-order valence-electron chi connectivity index (χ2n) is 8.15. The molecular formula is C26H17Br3N2O3. The number of ketones is 1. The summed E-state index contributed by atoms with van der Waals surface area (Å²) in [6.07, 6.45) is 0.858. The summed E-state index contributed by atoms with van der Waals surface area (Å²) in [4.78, 5) is 13.4. The zero-order valence-corrected chi connectivity index (χ0v) is 22.4. The highest BCUT2D eigenvalue weighted by atomic mass is 79.9. The molecule has 34 heavy (non-hydrogen) atoms. The van der Waals surface area contributed by atoms with E-state index in [-0.39, 0.29) is 23.2 Å². The number of rotatable bonds is 3. The van der Waals surface area contributed by atoms with Crippen molar-refractivity contribution >= 4 is 53.6 Å². The van der Waals surface area contributed by atoms with E-state index in [2.05, 4.69) is 53.9 Å². The number of ether oxygens (including phenoxy) is 1. The average Bonchev–Trinajstić information content (AvgIpc) is 3.27. The van der Waals surface area contributed by atoms with Crippen LogP contribution in [0.5, 0.6) is 0 Å². The van der Waals surface area contributed by atoms with Gasteiger partial charge in [-0.1, -0.05) is 46.3 Å². The minimum absolute atomic E-state index is 0.00799. The summed E-state index contributed by atoms with van der Waals surface area (Å²) in [5.41, 5.74) is 8.69. The Bertz CT molecular complexity index is 1390. The Labute approximate surface area is 221 Å². The van der Waals surface area contributed by atoms with Gasteiger partial charge >= 0.3 is 0 Å². The first-order chi connectivity index (χ1) is 16.4. The molecule has 2 heterocycles. The highest BCUT2D eigenvalue weighted by molar-refractivity contribution is 9.11. The van der Waals surface area contributed by atoms with Gasteiger partial charge < -0.3 is 14.9 Å². The molecule has 1 aliphatic carbocycles. The zero-order valence-electron chi connectivity index (χ0n) is 17.6. The maximum absolute atomic E-state index is 13.4. The van der Waals surface area contributed by atoms with Crippen molar-refractivity contribution in [2.45, 2.75) is 24.7 Å². The van der Waals surface area contributed by atoms with Crippen LogP contribution in [0.25, 0.3) is 11.3 Å². The molecular weight excluding hydrogens is 628 g/mol. The molecule has 0 bridgehead atoms. The van der Waals surface area contributed by atoms with Crippen molar-refractivity contribution in [2.75, 3.05) is 0 Å². The number of halogens is 3. The van der Waals surface area contributed by atoms with Gasteiger partial charge in [0.1, 0.15) is 28.9 Å². The first-order valence-electron chi connectivity index (χ1n) is 10.5. The SMILES string of the molecule is N#CC1=C(N)OC2=C(C(=O)C[C@H](c3ccccc3)C2)[C@H]1c1ccc(-c2c(Br)cc(Br)cc2Br)o1. The third kappa shape index (κ3) is 4.06. The molecule has 2 atom stereocenters. The molecule has 0 amide bonds. The van der Waals surface area contributed by atoms with Crippen LogP contribution < -0.4 is 5.73 Å². The third-order valence-electron chi connectivity index (χ3n) is 6.10. The molecule has 5 nitrogen and oxygen atoms in total. The molecule has 0 fully saturated rings. The molecule has 8 heteroatoms. The van der Waals surface area contributed by atoms with Crippen LogP contribution in [0.3, 0.4) is 0 Å². The van der Waals surface area contributed by atoms with Crippen LogP contribution in [-0.2, 0) is 9.53 Å². The summed E-state index contributed by atoms with van der Waals surface area (Å²) in [5.74, 6) is 0.803. The maximum atomic E-state index is 13.4. The zero-order chi connectivity index (χ0) is 24.0. The molecule has 0 saturated heterocycles. The van der Waals surface area contributed by atoms with E-state index >= 15 is 0 Å². The number of hydrogen-bond acceptors (Lipinski definition) is 5. The van der Waals surface area contributed by atoms with Crippen LogP contribution in [-0.4, -0.2) is 5.78 Å². The largest absolute Gasteiger partial charge is 0.460 e. The van der Waals surface area contributed by atoms with Gasteiger partial charge in [0, 0.05) is 37.4 Å².